The monoisotopic (exact) mass is 461 g/mol. The lowest BCUT2D eigenvalue weighted by Crippen LogP contribution is -2.34. The zero-order valence-corrected chi connectivity index (χ0v) is 18.2. The van der Waals surface area contributed by atoms with Crippen molar-refractivity contribution < 1.29 is 31.8 Å². The molecule has 3 rings (SSSR count). The Morgan fingerprint density at radius 3 is 2.18 bits per heavy atom. The fourth-order valence-corrected chi connectivity index (χ4v) is 3.39. The summed E-state index contributed by atoms with van der Waals surface area (Å²) in [5, 5.41) is 0. The maximum atomic E-state index is 14.1. The van der Waals surface area contributed by atoms with Crippen molar-refractivity contribution in [2.75, 3.05) is 25.7 Å². The molecule has 0 radical (unpaired) electrons. The number of halogens is 4. The standard InChI is InChI=1S/C25H23F4NO3/c1-32-22-12-11-20(16-23(22)33-2)30(24(31)15-18-5-3-4-6-21(18)26)14-13-17-7-9-19(10-8-17)25(27,28)29/h3-12,16H,13-15H2,1-2H3. The van der Waals surface area contributed by atoms with E-state index in [4.69, 9.17) is 9.47 Å². The summed E-state index contributed by atoms with van der Waals surface area (Å²) in [6.45, 7) is 0.175. The fourth-order valence-electron chi connectivity index (χ4n) is 3.39. The quantitative estimate of drug-likeness (QED) is 0.405. The van der Waals surface area contributed by atoms with Crippen LogP contribution in [0.25, 0.3) is 0 Å². The highest BCUT2D eigenvalue weighted by atomic mass is 19.4. The molecule has 0 aromatic heterocycles. The number of anilines is 1. The predicted molar refractivity (Wildman–Crippen MR) is 117 cm³/mol. The van der Waals surface area contributed by atoms with E-state index in [1.165, 1.54) is 43.4 Å². The fraction of sp³-hybridized carbons (Fsp3) is 0.240. The van der Waals surface area contributed by atoms with Crippen molar-refractivity contribution in [3.05, 3.63) is 89.2 Å². The van der Waals surface area contributed by atoms with Crippen LogP contribution in [0.15, 0.2) is 66.7 Å². The van der Waals surface area contributed by atoms with Crippen molar-refractivity contribution in [1.82, 2.24) is 0 Å². The van der Waals surface area contributed by atoms with E-state index in [0.29, 0.717) is 29.2 Å². The summed E-state index contributed by atoms with van der Waals surface area (Å²) in [7, 11) is 2.96. The zero-order valence-electron chi connectivity index (χ0n) is 18.2. The topological polar surface area (TPSA) is 38.8 Å². The van der Waals surface area contributed by atoms with Gasteiger partial charge in [0.05, 0.1) is 26.2 Å². The van der Waals surface area contributed by atoms with Crippen LogP contribution in [0.5, 0.6) is 11.5 Å². The highest BCUT2D eigenvalue weighted by Crippen LogP contribution is 2.32. The molecule has 0 aliphatic heterocycles. The van der Waals surface area contributed by atoms with E-state index in [1.54, 1.807) is 30.3 Å². The van der Waals surface area contributed by atoms with Gasteiger partial charge in [-0.1, -0.05) is 30.3 Å². The van der Waals surface area contributed by atoms with Gasteiger partial charge >= 0.3 is 6.18 Å². The van der Waals surface area contributed by atoms with Crippen LogP contribution in [-0.4, -0.2) is 26.7 Å². The number of nitrogens with zero attached hydrogens (tertiary/aromatic N) is 1. The maximum absolute atomic E-state index is 14.1. The Balaban J connectivity index is 1.86. The minimum atomic E-state index is -4.42. The number of alkyl halides is 3. The van der Waals surface area contributed by atoms with E-state index in [-0.39, 0.29) is 24.4 Å². The summed E-state index contributed by atoms with van der Waals surface area (Å²) in [6, 6.07) is 15.8. The number of hydrogen-bond acceptors (Lipinski definition) is 3. The van der Waals surface area contributed by atoms with Crippen molar-refractivity contribution in [1.29, 1.82) is 0 Å². The van der Waals surface area contributed by atoms with Crippen LogP contribution in [0.4, 0.5) is 23.2 Å². The molecule has 0 heterocycles. The molecule has 3 aromatic carbocycles. The third kappa shape index (κ3) is 6.03. The van der Waals surface area contributed by atoms with Gasteiger partial charge in [-0.2, -0.15) is 13.2 Å². The van der Waals surface area contributed by atoms with Gasteiger partial charge in [-0.3, -0.25) is 4.79 Å². The maximum Gasteiger partial charge on any atom is 0.416 e. The number of rotatable bonds is 8. The van der Waals surface area contributed by atoms with Gasteiger partial charge < -0.3 is 14.4 Å². The lowest BCUT2D eigenvalue weighted by Gasteiger charge is -2.24. The van der Waals surface area contributed by atoms with Gasteiger partial charge in [0.1, 0.15) is 5.82 Å². The van der Waals surface area contributed by atoms with Crippen LogP contribution in [0.1, 0.15) is 16.7 Å². The van der Waals surface area contributed by atoms with E-state index in [0.717, 1.165) is 12.1 Å². The molecule has 0 aliphatic carbocycles. The molecule has 0 saturated heterocycles. The molecule has 0 spiro atoms. The Kier molecular flexibility index (Phi) is 7.58. The van der Waals surface area contributed by atoms with E-state index in [1.807, 2.05) is 0 Å². The predicted octanol–water partition coefficient (Wildman–Crippen LogP) is 5.68. The molecule has 0 atom stereocenters. The highest BCUT2D eigenvalue weighted by Gasteiger charge is 2.30. The molecular weight excluding hydrogens is 438 g/mol. The van der Waals surface area contributed by atoms with Gasteiger partial charge in [0.25, 0.3) is 0 Å². The van der Waals surface area contributed by atoms with Gasteiger partial charge in [0.15, 0.2) is 11.5 Å². The normalized spacial score (nSPS) is 11.2. The van der Waals surface area contributed by atoms with Crippen LogP contribution in [0.2, 0.25) is 0 Å². The van der Waals surface area contributed by atoms with Crippen LogP contribution >= 0.6 is 0 Å². The van der Waals surface area contributed by atoms with Crippen LogP contribution in [0, 0.1) is 5.82 Å². The van der Waals surface area contributed by atoms with E-state index in [9.17, 15) is 22.4 Å². The van der Waals surface area contributed by atoms with Crippen molar-refractivity contribution >= 4 is 11.6 Å². The largest absolute Gasteiger partial charge is 0.493 e. The number of carbonyl (C=O) groups excluding carboxylic acids is 1. The molecule has 0 bridgehead atoms. The molecular formula is C25H23F4NO3. The van der Waals surface area contributed by atoms with E-state index < -0.39 is 17.6 Å². The van der Waals surface area contributed by atoms with E-state index in [2.05, 4.69) is 0 Å². The van der Waals surface area contributed by atoms with Gasteiger partial charge in [-0.15, -0.1) is 0 Å². The third-order valence-electron chi connectivity index (χ3n) is 5.18. The molecule has 33 heavy (non-hydrogen) atoms. The number of methoxy groups -OCH3 is 2. The molecule has 3 aromatic rings. The van der Waals surface area contributed by atoms with Gasteiger partial charge in [-0.25, -0.2) is 4.39 Å². The summed E-state index contributed by atoms with van der Waals surface area (Å²) in [5.41, 5.74) is 0.647. The summed E-state index contributed by atoms with van der Waals surface area (Å²) >= 11 is 0. The lowest BCUT2D eigenvalue weighted by molar-refractivity contribution is -0.137. The second-order valence-electron chi connectivity index (χ2n) is 7.30. The Bertz CT molecular complexity index is 1100. The summed E-state index contributed by atoms with van der Waals surface area (Å²) < 4.78 is 63.2. The highest BCUT2D eigenvalue weighted by molar-refractivity contribution is 5.95. The van der Waals surface area contributed by atoms with Crippen LogP contribution < -0.4 is 14.4 Å². The number of ether oxygens (including phenoxy) is 2. The Morgan fingerprint density at radius 1 is 0.909 bits per heavy atom. The minimum Gasteiger partial charge on any atom is -0.493 e. The second-order valence-corrected chi connectivity index (χ2v) is 7.30. The van der Waals surface area contributed by atoms with Crippen molar-refractivity contribution in [3.8, 4) is 11.5 Å². The van der Waals surface area contributed by atoms with Crippen molar-refractivity contribution in [2.45, 2.75) is 19.0 Å². The first kappa shape index (κ1) is 24.1. The Morgan fingerprint density at radius 2 is 1.58 bits per heavy atom. The third-order valence-corrected chi connectivity index (χ3v) is 5.18. The molecule has 0 N–H and O–H groups in total. The van der Waals surface area contributed by atoms with Crippen LogP contribution in [-0.2, 0) is 23.8 Å². The number of benzene rings is 3. The SMILES string of the molecule is COc1ccc(N(CCc2ccc(C(F)(F)F)cc2)C(=O)Cc2ccccc2F)cc1OC. The van der Waals surface area contributed by atoms with Gasteiger partial charge in [0, 0.05) is 18.3 Å². The second kappa shape index (κ2) is 10.4. The molecule has 0 fully saturated rings. The molecule has 0 unspecified atom stereocenters. The molecule has 8 heteroatoms. The Hall–Kier alpha value is -3.55. The summed E-state index contributed by atoms with van der Waals surface area (Å²) in [6.07, 6.45) is -4.29. The molecule has 1 amide bonds. The average Bonchev–Trinajstić information content (AvgIpc) is 2.80. The summed E-state index contributed by atoms with van der Waals surface area (Å²) in [4.78, 5) is 14.6. The Labute approximate surface area is 189 Å². The average molecular weight is 461 g/mol. The molecule has 0 saturated carbocycles. The first-order valence-electron chi connectivity index (χ1n) is 10.1. The van der Waals surface area contributed by atoms with Crippen molar-refractivity contribution in [2.24, 2.45) is 0 Å². The molecule has 174 valence electrons. The smallest absolute Gasteiger partial charge is 0.416 e. The number of carbonyl (C=O) groups is 1. The first-order valence-corrected chi connectivity index (χ1v) is 10.1. The minimum absolute atomic E-state index is 0.173. The van der Waals surface area contributed by atoms with E-state index >= 15 is 0 Å². The van der Waals surface area contributed by atoms with Gasteiger partial charge in [-0.05, 0) is 47.9 Å². The zero-order chi connectivity index (χ0) is 24.0. The number of amides is 1. The molecule has 0 aliphatic rings. The summed E-state index contributed by atoms with van der Waals surface area (Å²) in [5.74, 6) is 0.0406. The van der Waals surface area contributed by atoms with Crippen LogP contribution in [0.3, 0.4) is 0 Å². The lowest BCUT2D eigenvalue weighted by atomic mass is 10.1. The number of hydrogen-bond donors (Lipinski definition) is 0. The van der Waals surface area contributed by atoms with Gasteiger partial charge in [0.2, 0.25) is 5.91 Å². The van der Waals surface area contributed by atoms with Crippen molar-refractivity contribution in [3.63, 3.8) is 0 Å². The first-order chi connectivity index (χ1) is 15.7. The molecule has 4 nitrogen and oxygen atoms in total.